The van der Waals surface area contributed by atoms with E-state index in [9.17, 15) is 18.0 Å². The summed E-state index contributed by atoms with van der Waals surface area (Å²) in [6.07, 6.45) is 2.32. The number of thiazole rings is 1. The maximum absolute atomic E-state index is 13.2. The van der Waals surface area contributed by atoms with Crippen LogP contribution in [-0.2, 0) is 4.79 Å². The van der Waals surface area contributed by atoms with Crippen LogP contribution in [0.15, 0.2) is 6.20 Å². The lowest BCUT2D eigenvalue weighted by Crippen LogP contribution is -2.44. The van der Waals surface area contributed by atoms with E-state index < -0.39 is 18.0 Å². The van der Waals surface area contributed by atoms with Crippen molar-refractivity contribution in [2.45, 2.75) is 56.7 Å². The molecule has 136 valence electrons. The fraction of sp³-hybridized carbons (Fsp3) is 0.688. The zero-order valence-electron chi connectivity index (χ0n) is 13.5. The first kappa shape index (κ1) is 18.0. The summed E-state index contributed by atoms with van der Waals surface area (Å²) in [6, 6.07) is 0.0300. The highest BCUT2D eigenvalue weighted by Gasteiger charge is 2.46. The molecule has 2 fully saturated rings. The van der Waals surface area contributed by atoms with Crippen molar-refractivity contribution in [1.29, 1.82) is 5.26 Å². The lowest BCUT2D eigenvalue weighted by atomic mass is 9.78. The zero-order chi connectivity index (χ0) is 18.0. The highest BCUT2D eigenvalue weighted by Crippen LogP contribution is 2.48. The maximum Gasteiger partial charge on any atom is 0.392 e. The van der Waals surface area contributed by atoms with E-state index in [-0.39, 0.29) is 24.3 Å². The Hall–Kier alpha value is -1.82. The summed E-state index contributed by atoms with van der Waals surface area (Å²) in [7, 11) is 0. The Kier molecular flexibility index (Phi) is 5.18. The smallest absolute Gasteiger partial charge is 0.321 e. The van der Waals surface area contributed by atoms with Gasteiger partial charge < -0.3 is 10.6 Å². The molecule has 2 N–H and O–H groups in total. The van der Waals surface area contributed by atoms with E-state index >= 15 is 0 Å². The normalized spacial score (nSPS) is 29.4. The fourth-order valence-corrected chi connectivity index (χ4v) is 4.65. The van der Waals surface area contributed by atoms with Gasteiger partial charge in [-0.1, -0.05) is 12.8 Å². The molecule has 25 heavy (non-hydrogen) atoms. The lowest BCUT2D eigenvalue weighted by Gasteiger charge is -2.32. The van der Waals surface area contributed by atoms with Gasteiger partial charge in [-0.3, -0.25) is 4.79 Å². The summed E-state index contributed by atoms with van der Waals surface area (Å²) in [5.41, 5.74) is 0. The van der Waals surface area contributed by atoms with Gasteiger partial charge in [0, 0.05) is 29.0 Å². The number of hydrogen-bond acceptors (Lipinski definition) is 5. The number of amides is 1. The highest BCUT2D eigenvalue weighted by atomic mass is 32.1. The van der Waals surface area contributed by atoms with Gasteiger partial charge in [-0.15, -0.1) is 11.3 Å². The van der Waals surface area contributed by atoms with Crippen LogP contribution in [0.25, 0.3) is 0 Å². The lowest BCUT2D eigenvalue weighted by molar-refractivity contribution is -0.187. The summed E-state index contributed by atoms with van der Waals surface area (Å²) < 4.78 is 39.7. The minimum atomic E-state index is -4.20. The molecule has 0 aliphatic heterocycles. The van der Waals surface area contributed by atoms with Crippen LogP contribution >= 0.6 is 11.3 Å². The van der Waals surface area contributed by atoms with Crippen molar-refractivity contribution in [1.82, 2.24) is 10.3 Å². The summed E-state index contributed by atoms with van der Waals surface area (Å²) in [6.45, 7) is 0. The van der Waals surface area contributed by atoms with Crippen LogP contribution in [0, 0.1) is 23.3 Å². The molecule has 0 aromatic carbocycles. The number of halogens is 3. The molecule has 0 saturated heterocycles. The van der Waals surface area contributed by atoms with Gasteiger partial charge >= 0.3 is 6.18 Å². The first-order valence-corrected chi connectivity index (χ1v) is 9.18. The molecule has 1 amide bonds. The number of carbonyl (C=O) groups is 1. The number of nitriles is 1. The van der Waals surface area contributed by atoms with Crippen LogP contribution in [-0.4, -0.2) is 23.1 Å². The van der Waals surface area contributed by atoms with Crippen molar-refractivity contribution in [2.24, 2.45) is 11.8 Å². The molecule has 0 spiro atoms. The molecule has 3 rings (SSSR count). The predicted molar refractivity (Wildman–Crippen MR) is 86.8 cm³/mol. The Morgan fingerprint density at radius 1 is 1.32 bits per heavy atom. The van der Waals surface area contributed by atoms with Gasteiger partial charge in [0.1, 0.15) is 0 Å². The van der Waals surface area contributed by atoms with E-state index in [4.69, 9.17) is 5.26 Å². The predicted octanol–water partition coefficient (Wildman–Crippen LogP) is 3.77. The second kappa shape index (κ2) is 7.20. The number of nitrogens with zero attached hydrogens (tertiary/aromatic N) is 2. The number of nitrogens with one attached hydrogen (secondary N) is 2. The van der Waals surface area contributed by atoms with Crippen LogP contribution in [0.5, 0.6) is 0 Å². The molecule has 1 aromatic rings. The molecule has 5 nitrogen and oxygen atoms in total. The van der Waals surface area contributed by atoms with E-state index in [2.05, 4.69) is 15.6 Å². The average molecular weight is 372 g/mol. The molecule has 2 saturated carbocycles. The van der Waals surface area contributed by atoms with Gasteiger partial charge in [-0.2, -0.15) is 18.4 Å². The summed E-state index contributed by atoms with van der Waals surface area (Å²) >= 11 is 1.14. The van der Waals surface area contributed by atoms with Gasteiger partial charge in [0.2, 0.25) is 5.91 Å². The zero-order valence-corrected chi connectivity index (χ0v) is 14.3. The monoisotopic (exact) mass is 372 g/mol. The Balaban J connectivity index is 1.60. The molecular weight excluding hydrogens is 353 g/mol. The van der Waals surface area contributed by atoms with E-state index in [0.29, 0.717) is 35.7 Å². The molecule has 0 bridgehead atoms. The largest absolute Gasteiger partial charge is 0.392 e. The Morgan fingerprint density at radius 3 is 2.72 bits per heavy atom. The van der Waals surface area contributed by atoms with Crippen molar-refractivity contribution < 1.29 is 18.0 Å². The third-order valence-corrected chi connectivity index (χ3v) is 6.13. The standard InChI is InChI=1S/C16H19F3N4OS/c17-16(18,19)12-4-2-1-3-11(12)13-7-21-15(25-13)23-14(24)9-5-10(6-9)22-8-20/h7,9-12,22H,1-6H2,(H,21,23,24)/t9?,10?,11-,12+/m0/s1. The Morgan fingerprint density at radius 2 is 2.04 bits per heavy atom. The number of aromatic nitrogens is 1. The number of carbonyl (C=O) groups excluding carboxylic acids is 1. The first-order chi connectivity index (χ1) is 11.9. The Labute approximate surface area is 147 Å². The highest BCUT2D eigenvalue weighted by molar-refractivity contribution is 7.15. The van der Waals surface area contributed by atoms with Crippen LogP contribution in [0.4, 0.5) is 18.3 Å². The maximum atomic E-state index is 13.2. The molecule has 1 heterocycles. The van der Waals surface area contributed by atoms with Crippen LogP contribution in [0.3, 0.4) is 0 Å². The molecular formula is C16H19F3N4OS. The minimum Gasteiger partial charge on any atom is -0.321 e. The number of rotatable bonds is 4. The first-order valence-electron chi connectivity index (χ1n) is 8.36. The van der Waals surface area contributed by atoms with Gasteiger partial charge in [0.25, 0.3) is 0 Å². The van der Waals surface area contributed by atoms with E-state index in [1.165, 1.54) is 6.20 Å². The van der Waals surface area contributed by atoms with Crippen molar-refractivity contribution in [2.75, 3.05) is 5.32 Å². The van der Waals surface area contributed by atoms with Crippen LogP contribution < -0.4 is 10.6 Å². The van der Waals surface area contributed by atoms with Crippen molar-refractivity contribution in [3.8, 4) is 6.19 Å². The average Bonchev–Trinajstić information content (AvgIpc) is 2.98. The van der Waals surface area contributed by atoms with Crippen LogP contribution in [0.2, 0.25) is 0 Å². The number of hydrogen-bond donors (Lipinski definition) is 2. The molecule has 1 aromatic heterocycles. The second-order valence-electron chi connectivity index (χ2n) is 6.72. The van der Waals surface area contributed by atoms with Crippen molar-refractivity contribution in [3.05, 3.63) is 11.1 Å². The van der Waals surface area contributed by atoms with Crippen molar-refractivity contribution >= 4 is 22.4 Å². The molecule has 2 aliphatic rings. The molecule has 9 heteroatoms. The van der Waals surface area contributed by atoms with Gasteiger partial charge in [-0.25, -0.2) is 4.98 Å². The van der Waals surface area contributed by atoms with Gasteiger partial charge in [0.15, 0.2) is 11.3 Å². The van der Waals surface area contributed by atoms with Crippen molar-refractivity contribution in [3.63, 3.8) is 0 Å². The van der Waals surface area contributed by atoms with Gasteiger partial charge in [0.05, 0.1) is 5.92 Å². The van der Waals surface area contributed by atoms with E-state index in [1.807, 2.05) is 6.19 Å². The fourth-order valence-electron chi connectivity index (χ4n) is 3.63. The van der Waals surface area contributed by atoms with Gasteiger partial charge in [-0.05, 0) is 25.7 Å². The Bertz CT molecular complexity index is 663. The van der Waals surface area contributed by atoms with Crippen LogP contribution in [0.1, 0.15) is 49.3 Å². The number of anilines is 1. The number of alkyl halides is 3. The summed E-state index contributed by atoms with van der Waals surface area (Å²) in [5.74, 6) is -2.26. The molecule has 2 aliphatic carbocycles. The molecule has 0 radical (unpaired) electrons. The van der Waals surface area contributed by atoms with E-state index in [1.54, 1.807) is 0 Å². The third kappa shape index (κ3) is 4.06. The molecule has 2 atom stereocenters. The summed E-state index contributed by atoms with van der Waals surface area (Å²) in [5, 5.41) is 14.2. The quantitative estimate of drug-likeness (QED) is 0.623. The van der Waals surface area contributed by atoms with E-state index in [0.717, 1.165) is 17.8 Å². The SMILES string of the molecule is N#CNC1CC(C(=O)Nc2ncc([C@H]3CCCC[C@H]3C(F)(F)F)s2)C1. The minimum absolute atomic E-state index is 0.0300. The summed E-state index contributed by atoms with van der Waals surface area (Å²) in [4.78, 5) is 16.8. The topological polar surface area (TPSA) is 77.8 Å². The molecule has 0 unspecified atom stereocenters. The second-order valence-corrected chi connectivity index (χ2v) is 7.78. The third-order valence-electron chi connectivity index (χ3n) is 5.08.